The normalized spacial score (nSPS) is 20.5. The van der Waals surface area contributed by atoms with E-state index in [0.29, 0.717) is 0 Å². The molecule has 2 aliphatic rings. The minimum absolute atomic E-state index is 0.806. The zero-order valence-corrected chi connectivity index (χ0v) is 15.6. The van der Waals surface area contributed by atoms with Crippen LogP contribution in [0.4, 0.5) is 0 Å². The van der Waals surface area contributed by atoms with Crippen molar-refractivity contribution in [1.82, 2.24) is 0 Å². The molecule has 0 heterocycles. The Kier molecular flexibility index (Phi) is 14.7. The van der Waals surface area contributed by atoms with Crippen molar-refractivity contribution in [1.29, 1.82) is 0 Å². The van der Waals surface area contributed by atoms with Gasteiger partial charge in [-0.25, -0.2) is 0 Å². The topological polar surface area (TPSA) is 0 Å². The van der Waals surface area contributed by atoms with E-state index in [0.717, 1.165) is 11.8 Å². The van der Waals surface area contributed by atoms with Gasteiger partial charge in [-0.3, -0.25) is 0 Å². The quantitative estimate of drug-likeness (QED) is 0.473. The van der Waals surface area contributed by atoms with E-state index < -0.39 is 16.5 Å². The van der Waals surface area contributed by atoms with E-state index in [9.17, 15) is 0 Å². The van der Waals surface area contributed by atoms with Crippen LogP contribution in [0.5, 0.6) is 0 Å². The zero-order chi connectivity index (χ0) is 12.9. The third-order valence-electron chi connectivity index (χ3n) is 3.69. The Morgan fingerprint density at radius 2 is 1.65 bits per heavy atom. The van der Waals surface area contributed by atoms with E-state index in [4.69, 9.17) is 18.8 Å². The van der Waals surface area contributed by atoms with E-state index in [2.05, 4.69) is 26.7 Å². The zero-order valence-electron chi connectivity index (χ0n) is 11.1. The summed E-state index contributed by atoms with van der Waals surface area (Å²) in [6.07, 6.45) is 16.1. The summed E-state index contributed by atoms with van der Waals surface area (Å²) in [5, 5.41) is 0. The molecule has 102 valence electrons. The predicted molar refractivity (Wildman–Crippen MR) is 75.6 cm³/mol. The average molecular weight is 449 g/mol. The standard InChI is InChI=1S/C7H14.C7H12.2ClH.W/c2*1-2-7-5-3-4-6-7;;;/h7H,2-6H2,1H3;3,5,7H,2,4,6H2,1H3;2*1H;/q;;;;+2/p-2. The molecule has 2 fully saturated rings. The summed E-state index contributed by atoms with van der Waals surface area (Å²) in [5.41, 5.74) is 0. The molecule has 2 radical (unpaired) electrons. The summed E-state index contributed by atoms with van der Waals surface area (Å²) in [4.78, 5) is 0. The number of halogens is 2. The Bertz CT molecular complexity index is 125. The van der Waals surface area contributed by atoms with Gasteiger partial charge in [-0.05, 0) is 37.5 Å². The van der Waals surface area contributed by atoms with Crippen LogP contribution in [-0.4, -0.2) is 0 Å². The van der Waals surface area contributed by atoms with E-state index in [1.165, 1.54) is 51.4 Å². The average Bonchev–Trinajstić information content (AvgIpc) is 3.04. The molecule has 0 aromatic carbocycles. The molecule has 0 aromatic rings. The van der Waals surface area contributed by atoms with Crippen molar-refractivity contribution >= 4 is 18.8 Å². The van der Waals surface area contributed by atoms with Crippen molar-refractivity contribution in [3.05, 3.63) is 12.8 Å². The van der Waals surface area contributed by atoms with Crippen LogP contribution in [0.3, 0.4) is 0 Å². The summed E-state index contributed by atoms with van der Waals surface area (Å²) in [6, 6.07) is 0. The van der Waals surface area contributed by atoms with Crippen molar-refractivity contribution in [3.63, 3.8) is 0 Å². The maximum absolute atomic E-state index is 4.93. The van der Waals surface area contributed by atoms with Gasteiger partial charge in [-0.1, -0.05) is 52.4 Å². The molecule has 0 aromatic heterocycles. The fourth-order valence-electron chi connectivity index (χ4n) is 2.45. The molecular weight excluding hydrogens is 423 g/mol. The molecule has 2 saturated carbocycles. The molecule has 1 unspecified atom stereocenters. The number of hydrogen-bond acceptors (Lipinski definition) is 0. The van der Waals surface area contributed by atoms with Crippen molar-refractivity contribution in [2.45, 2.75) is 65.2 Å². The Labute approximate surface area is 125 Å². The first kappa shape index (κ1) is 18.3. The van der Waals surface area contributed by atoms with Gasteiger partial charge in [0.2, 0.25) is 0 Å². The summed E-state index contributed by atoms with van der Waals surface area (Å²) in [7, 11) is 9.86. The first-order valence-electron chi connectivity index (χ1n) is 6.84. The van der Waals surface area contributed by atoms with E-state index in [1.807, 2.05) is 0 Å². The van der Waals surface area contributed by atoms with Crippen LogP contribution in [-0.2, 0) is 16.5 Å². The van der Waals surface area contributed by atoms with Crippen LogP contribution in [0.25, 0.3) is 0 Å². The SMILES string of the molecule is CCC1CCCC1.CCC1[CH][CH]CC1.[Cl][W][Cl]. The van der Waals surface area contributed by atoms with Gasteiger partial charge in [-0.2, -0.15) is 0 Å². The van der Waals surface area contributed by atoms with Crippen LogP contribution in [0, 0.1) is 24.7 Å². The second kappa shape index (κ2) is 13.7. The van der Waals surface area contributed by atoms with Gasteiger partial charge >= 0.3 is 35.3 Å². The molecule has 3 heteroatoms. The molecule has 0 nitrogen and oxygen atoms in total. The van der Waals surface area contributed by atoms with Gasteiger partial charge in [0.05, 0.1) is 0 Å². The molecule has 0 saturated heterocycles. The summed E-state index contributed by atoms with van der Waals surface area (Å²) >= 11 is -0.806. The first-order valence-corrected chi connectivity index (χ1v) is 14.1. The van der Waals surface area contributed by atoms with Gasteiger partial charge < -0.3 is 0 Å². The Morgan fingerprint density at radius 3 is 1.88 bits per heavy atom. The molecule has 17 heavy (non-hydrogen) atoms. The fourth-order valence-corrected chi connectivity index (χ4v) is 2.45. The molecule has 0 bridgehead atoms. The summed E-state index contributed by atoms with van der Waals surface area (Å²) in [5.74, 6) is 2.01. The molecule has 0 spiro atoms. The second-order valence-corrected chi connectivity index (χ2v) is 9.03. The Hall–Kier alpha value is 1.27. The summed E-state index contributed by atoms with van der Waals surface area (Å²) in [6.45, 7) is 4.55. The molecule has 2 aliphatic carbocycles. The minimum atomic E-state index is -0.806. The number of hydrogen-bond donors (Lipinski definition) is 0. The van der Waals surface area contributed by atoms with Gasteiger partial charge in [0, 0.05) is 0 Å². The first-order chi connectivity index (χ1) is 8.28. The van der Waals surface area contributed by atoms with Gasteiger partial charge in [0.1, 0.15) is 0 Å². The van der Waals surface area contributed by atoms with E-state index >= 15 is 0 Å². The monoisotopic (exact) mass is 448 g/mol. The van der Waals surface area contributed by atoms with Crippen LogP contribution in [0.15, 0.2) is 0 Å². The molecule has 0 amide bonds. The third-order valence-corrected chi connectivity index (χ3v) is 3.69. The van der Waals surface area contributed by atoms with Crippen LogP contribution in [0.2, 0.25) is 0 Å². The molecule has 0 N–H and O–H groups in total. The van der Waals surface area contributed by atoms with Crippen LogP contribution >= 0.6 is 18.8 Å². The van der Waals surface area contributed by atoms with Crippen molar-refractivity contribution in [3.8, 4) is 0 Å². The predicted octanol–water partition coefficient (Wildman–Crippen LogP) is 6.18. The van der Waals surface area contributed by atoms with Crippen molar-refractivity contribution in [2.75, 3.05) is 0 Å². The van der Waals surface area contributed by atoms with Crippen molar-refractivity contribution in [2.24, 2.45) is 11.8 Å². The van der Waals surface area contributed by atoms with Gasteiger partial charge in [0.25, 0.3) is 0 Å². The van der Waals surface area contributed by atoms with Crippen molar-refractivity contribution < 1.29 is 16.5 Å². The van der Waals surface area contributed by atoms with Crippen LogP contribution < -0.4 is 0 Å². The second-order valence-electron chi connectivity index (χ2n) is 4.79. The van der Waals surface area contributed by atoms with E-state index in [-0.39, 0.29) is 0 Å². The van der Waals surface area contributed by atoms with Crippen LogP contribution in [0.1, 0.15) is 65.2 Å². The fraction of sp³-hybridized carbons (Fsp3) is 0.857. The summed E-state index contributed by atoms with van der Waals surface area (Å²) < 4.78 is 0. The molecule has 2 rings (SSSR count). The number of rotatable bonds is 2. The van der Waals surface area contributed by atoms with E-state index in [1.54, 1.807) is 0 Å². The Morgan fingerprint density at radius 1 is 1.06 bits per heavy atom. The molecular formula is C14H26Cl2W. The molecule has 1 atom stereocenters. The Balaban J connectivity index is 0.000000247. The van der Waals surface area contributed by atoms with Gasteiger partial charge in [0.15, 0.2) is 0 Å². The third kappa shape index (κ3) is 10.8. The maximum atomic E-state index is 4.93. The van der Waals surface area contributed by atoms with Gasteiger partial charge in [-0.15, -0.1) is 0 Å². The molecule has 0 aliphatic heterocycles.